The predicted molar refractivity (Wildman–Crippen MR) is 80.3 cm³/mol. The van der Waals surface area contributed by atoms with Gasteiger partial charge >= 0.3 is 0 Å². The Bertz CT molecular complexity index is 477. The molecule has 0 bridgehead atoms. The van der Waals surface area contributed by atoms with E-state index in [9.17, 15) is 9.59 Å². The van der Waals surface area contributed by atoms with Crippen molar-refractivity contribution in [1.29, 1.82) is 0 Å². The maximum Gasteiger partial charge on any atom is 0.230 e. The predicted octanol–water partition coefficient (Wildman–Crippen LogP) is 2.01. The summed E-state index contributed by atoms with van der Waals surface area (Å²) in [6.07, 6.45) is 0. The Balaban J connectivity index is 2.67. The van der Waals surface area contributed by atoms with E-state index in [2.05, 4.69) is 5.32 Å². The lowest BCUT2D eigenvalue weighted by Crippen LogP contribution is -2.37. The van der Waals surface area contributed by atoms with Crippen molar-refractivity contribution in [1.82, 2.24) is 5.32 Å². The van der Waals surface area contributed by atoms with Gasteiger partial charge in [-0.15, -0.1) is 11.8 Å². The molecule has 0 fully saturated rings. The topological polar surface area (TPSA) is 85.3 Å². The molecule has 1 heterocycles. The lowest BCUT2D eigenvalue weighted by Gasteiger charge is -2.29. The monoisotopic (exact) mass is 298 g/mol. The minimum atomic E-state index is -0.420. The van der Waals surface area contributed by atoms with Crippen LogP contribution in [0.15, 0.2) is 16.5 Å². The van der Waals surface area contributed by atoms with Crippen LogP contribution in [-0.4, -0.2) is 23.3 Å². The Morgan fingerprint density at radius 3 is 2.45 bits per heavy atom. The van der Waals surface area contributed by atoms with E-state index in [0.29, 0.717) is 0 Å². The number of amides is 2. The largest absolute Gasteiger partial charge is 0.464 e. The molecule has 0 spiro atoms. The molecule has 0 saturated heterocycles. The van der Waals surface area contributed by atoms with Gasteiger partial charge in [-0.05, 0) is 24.5 Å². The summed E-state index contributed by atoms with van der Waals surface area (Å²) in [5.41, 5.74) is 4.86. The van der Waals surface area contributed by atoms with Crippen LogP contribution in [0.2, 0.25) is 0 Å². The van der Waals surface area contributed by atoms with Gasteiger partial charge in [0, 0.05) is 0 Å². The number of aryl methyl sites for hydroxylation is 1. The van der Waals surface area contributed by atoms with Crippen LogP contribution in [0.1, 0.15) is 38.3 Å². The van der Waals surface area contributed by atoms with Crippen LogP contribution in [0.5, 0.6) is 0 Å². The molecule has 5 nitrogen and oxygen atoms in total. The van der Waals surface area contributed by atoms with Gasteiger partial charge in [0.15, 0.2) is 0 Å². The van der Waals surface area contributed by atoms with Gasteiger partial charge in [0.05, 0.1) is 17.5 Å². The molecule has 0 aliphatic heterocycles. The fourth-order valence-electron chi connectivity index (χ4n) is 1.77. The summed E-state index contributed by atoms with van der Waals surface area (Å²) < 4.78 is 5.62. The third kappa shape index (κ3) is 5.28. The summed E-state index contributed by atoms with van der Waals surface area (Å²) >= 11 is 1.21. The second-order valence-corrected chi connectivity index (χ2v) is 6.76. The zero-order chi connectivity index (χ0) is 15.3. The Morgan fingerprint density at radius 2 is 2.00 bits per heavy atom. The van der Waals surface area contributed by atoms with Crippen LogP contribution in [0.3, 0.4) is 0 Å². The molecule has 2 amide bonds. The molecule has 1 rings (SSSR count). The van der Waals surface area contributed by atoms with E-state index in [1.165, 1.54) is 11.8 Å². The first kappa shape index (κ1) is 16.6. The molecule has 0 radical (unpaired) electrons. The number of nitrogens with one attached hydrogen (secondary N) is 1. The van der Waals surface area contributed by atoms with E-state index in [1.54, 1.807) is 0 Å². The van der Waals surface area contributed by atoms with Crippen molar-refractivity contribution in [2.24, 2.45) is 11.1 Å². The smallest absolute Gasteiger partial charge is 0.230 e. The summed E-state index contributed by atoms with van der Waals surface area (Å²) in [6.45, 7) is 7.97. The van der Waals surface area contributed by atoms with Gasteiger partial charge in [0.2, 0.25) is 11.8 Å². The van der Waals surface area contributed by atoms with Gasteiger partial charge < -0.3 is 15.5 Å². The molecule has 0 aromatic carbocycles. The molecule has 1 aromatic heterocycles. The van der Waals surface area contributed by atoms with Gasteiger partial charge in [-0.3, -0.25) is 9.59 Å². The van der Waals surface area contributed by atoms with Gasteiger partial charge in [0.1, 0.15) is 11.5 Å². The molecule has 3 N–H and O–H groups in total. The molecule has 1 aromatic rings. The number of furan rings is 1. The van der Waals surface area contributed by atoms with E-state index in [1.807, 2.05) is 39.8 Å². The number of carbonyl (C=O) groups excluding carboxylic acids is 2. The Hall–Kier alpha value is -1.43. The number of thioether (sulfide) groups is 1. The van der Waals surface area contributed by atoms with Gasteiger partial charge in [-0.25, -0.2) is 0 Å². The second-order valence-electron chi connectivity index (χ2n) is 5.77. The number of primary amides is 1. The highest BCUT2D eigenvalue weighted by atomic mass is 32.2. The fourth-order valence-corrected chi connectivity index (χ4v) is 2.34. The third-order valence-corrected chi connectivity index (χ3v) is 3.65. The molecule has 0 saturated carbocycles. The zero-order valence-electron chi connectivity index (χ0n) is 12.4. The van der Waals surface area contributed by atoms with Gasteiger partial charge in [0.25, 0.3) is 0 Å². The van der Waals surface area contributed by atoms with E-state index >= 15 is 0 Å². The second kappa shape index (κ2) is 6.83. The van der Waals surface area contributed by atoms with Crippen LogP contribution in [0.25, 0.3) is 0 Å². The Morgan fingerprint density at radius 1 is 1.35 bits per heavy atom. The van der Waals surface area contributed by atoms with Gasteiger partial charge in [-0.2, -0.15) is 0 Å². The standard InChI is InChI=1S/C14H22N2O3S/c1-9-5-6-10(19-9)13(14(2,3)4)16-12(18)8-20-7-11(15)17/h5-6,13H,7-8H2,1-4H3,(H2,15,17)(H,16,18)/t13-/m1/s1. The summed E-state index contributed by atoms with van der Waals surface area (Å²) in [5, 5.41) is 2.95. The lowest BCUT2D eigenvalue weighted by molar-refractivity contribution is -0.120. The number of hydrogen-bond donors (Lipinski definition) is 2. The highest BCUT2D eigenvalue weighted by Crippen LogP contribution is 2.33. The minimum absolute atomic E-state index is 0.134. The molecule has 0 unspecified atom stereocenters. The maximum absolute atomic E-state index is 11.9. The molecule has 20 heavy (non-hydrogen) atoms. The molecular formula is C14H22N2O3S. The molecule has 112 valence electrons. The van der Waals surface area contributed by atoms with E-state index in [-0.39, 0.29) is 28.9 Å². The highest BCUT2D eigenvalue weighted by Gasteiger charge is 2.30. The summed E-state index contributed by atoms with van der Waals surface area (Å²) in [7, 11) is 0. The number of rotatable bonds is 6. The van der Waals surface area contributed by atoms with Crippen molar-refractivity contribution in [2.75, 3.05) is 11.5 Å². The molecule has 6 heteroatoms. The van der Waals surface area contributed by atoms with Crippen molar-refractivity contribution in [3.63, 3.8) is 0 Å². The summed E-state index contributed by atoms with van der Waals surface area (Å²) in [6, 6.07) is 3.54. The van der Waals surface area contributed by atoms with Crippen LogP contribution < -0.4 is 11.1 Å². The third-order valence-electron chi connectivity index (χ3n) is 2.69. The van der Waals surface area contributed by atoms with Crippen LogP contribution >= 0.6 is 11.8 Å². The van der Waals surface area contributed by atoms with Crippen molar-refractivity contribution in [2.45, 2.75) is 33.7 Å². The first-order valence-corrected chi connectivity index (χ1v) is 7.57. The van der Waals surface area contributed by atoms with Crippen LogP contribution in [0, 0.1) is 12.3 Å². The van der Waals surface area contributed by atoms with E-state index < -0.39 is 5.91 Å². The van der Waals surface area contributed by atoms with Crippen molar-refractivity contribution in [3.8, 4) is 0 Å². The maximum atomic E-state index is 11.9. The molecule has 0 aliphatic rings. The summed E-state index contributed by atoms with van der Waals surface area (Å²) in [4.78, 5) is 22.6. The SMILES string of the molecule is Cc1ccc([C@@H](NC(=O)CSCC(N)=O)C(C)(C)C)o1. The van der Waals surface area contributed by atoms with Crippen molar-refractivity contribution < 1.29 is 14.0 Å². The molecular weight excluding hydrogens is 276 g/mol. The van der Waals surface area contributed by atoms with E-state index in [0.717, 1.165) is 11.5 Å². The summed E-state index contributed by atoms with van der Waals surface area (Å²) in [5.74, 6) is 1.35. The average Bonchev–Trinajstić information content (AvgIpc) is 2.70. The highest BCUT2D eigenvalue weighted by molar-refractivity contribution is 8.00. The number of nitrogens with two attached hydrogens (primary N) is 1. The Kier molecular flexibility index (Phi) is 5.68. The fraction of sp³-hybridized carbons (Fsp3) is 0.571. The lowest BCUT2D eigenvalue weighted by atomic mass is 9.85. The molecule has 1 atom stereocenters. The van der Waals surface area contributed by atoms with Crippen LogP contribution in [0.4, 0.5) is 0 Å². The zero-order valence-corrected chi connectivity index (χ0v) is 13.2. The van der Waals surface area contributed by atoms with E-state index in [4.69, 9.17) is 10.2 Å². The average molecular weight is 298 g/mol. The van der Waals surface area contributed by atoms with Crippen molar-refractivity contribution >= 4 is 23.6 Å². The molecule has 0 aliphatic carbocycles. The van der Waals surface area contributed by atoms with Crippen LogP contribution in [-0.2, 0) is 9.59 Å². The number of carbonyl (C=O) groups is 2. The van der Waals surface area contributed by atoms with Crippen molar-refractivity contribution in [3.05, 3.63) is 23.7 Å². The van der Waals surface area contributed by atoms with Gasteiger partial charge in [-0.1, -0.05) is 20.8 Å². The Labute approximate surface area is 123 Å². The first-order valence-electron chi connectivity index (χ1n) is 6.42. The number of hydrogen-bond acceptors (Lipinski definition) is 4. The minimum Gasteiger partial charge on any atom is -0.464 e. The quantitative estimate of drug-likeness (QED) is 0.841. The normalized spacial score (nSPS) is 13.0. The first-order chi connectivity index (χ1) is 9.20.